The molecule has 0 saturated carbocycles. The zero-order valence-electron chi connectivity index (χ0n) is 17.0. The number of hydrazone groups is 1. The first-order valence-electron chi connectivity index (χ1n) is 10.1. The van der Waals surface area contributed by atoms with Crippen LogP contribution in [0.15, 0.2) is 72.0 Å². The van der Waals surface area contributed by atoms with E-state index in [-0.39, 0.29) is 6.04 Å². The van der Waals surface area contributed by atoms with Gasteiger partial charge in [-0.1, -0.05) is 18.2 Å². The molecule has 0 fully saturated rings. The molecule has 0 bridgehead atoms. The van der Waals surface area contributed by atoms with Gasteiger partial charge in [-0.2, -0.15) is 5.10 Å². The predicted octanol–water partition coefficient (Wildman–Crippen LogP) is 4.73. The fraction of sp³-hybridized carbons (Fsp3) is 0.250. The monoisotopic (exact) mass is 401 g/mol. The van der Waals surface area contributed by atoms with Gasteiger partial charge in [0.1, 0.15) is 11.4 Å². The van der Waals surface area contributed by atoms with Crippen LogP contribution in [0.3, 0.4) is 0 Å². The molecule has 1 aromatic heterocycles. The second-order valence-electron chi connectivity index (χ2n) is 7.21. The smallest absolute Gasteiger partial charge is 0.230 e. The quantitative estimate of drug-likeness (QED) is 0.619. The molecular formula is C24H23N3O3. The Balaban J connectivity index is 1.55. The molecule has 0 radical (unpaired) electrons. The van der Waals surface area contributed by atoms with E-state index in [1.54, 1.807) is 13.3 Å². The normalized spacial score (nSPS) is 19.4. The van der Waals surface area contributed by atoms with Crippen molar-refractivity contribution in [3.63, 3.8) is 0 Å². The second kappa shape index (κ2) is 7.71. The van der Waals surface area contributed by atoms with Crippen LogP contribution >= 0.6 is 0 Å². The third-order valence-corrected chi connectivity index (χ3v) is 5.44. The Bertz CT molecular complexity index is 1070. The molecule has 0 amide bonds. The van der Waals surface area contributed by atoms with Crippen molar-refractivity contribution in [3.8, 4) is 17.2 Å². The van der Waals surface area contributed by atoms with Crippen molar-refractivity contribution >= 4 is 5.71 Å². The highest BCUT2D eigenvalue weighted by molar-refractivity contribution is 6.02. The van der Waals surface area contributed by atoms with Gasteiger partial charge in [0.05, 0.1) is 25.5 Å². The molecular weight excluding hydrogens is 378 g/mol. The second-order valence-corrected chi connectivity index (χ2v) is 7.21. The van der Waals surface area contributed by atoms with Crippen molar-refractivity contribution in [2.45, 2.75) is 25.6 Å². The molecule has 2 aliphatic rings. The van der Waals surface area contributed by atoms with Gasteiger partial charge in [-0.3, -0.25) is 4.98 Å². The number of rotatable bonds is 5. The summed E-state index contributed by atoms with van der Waals surface area (Å²) in [4.78, 5) is 4.53. The molecule has 2 aromatic carbocycles. The van der Waals surface area contributed by atoms with E-state index in [2.05, 4.69) is 23.2 Å². The molecule has 2 unspecified atom stereocenters. The summed E-state index contributed by atoms with van der Waals surface area (Å²) in [5.74, 6) is 2.35. The minimum Gasteiger partial charge on any atom is -0.494 e. The van der Waals surface area contributed by atoms with E-state index in [1.165, 1.54) is 0 Å². The van der Waals surface area contributed by atoms with Crippen LogP contribution in [0, 0.1) is 0 Å². The minimum absolute atomic E-state index is 0.0532. The summed E-state index contributed by atoms with van der Waals surface area (Å²) in [6.07, 6.45) is 2.14. The summed E-state index contributed by atoms with van der Waals surface area (Å²) < 4.78 is 17.6. The summed E-state index contributed by atoms with van der Waals surface area (Å²) in [6, 6.07) is 20.0. The molecule has 0 N–H and O–H groups in total. The molecule has 152 valence electrons. The molecule has 2 aliphatic heterocycles. The van der Waals surface area contributed by atoms with Gasteiger partial charge in [0.2, 0.25) is 6.23 Å². The lowest BCUT2D eigenvalue weighted by molar-refractivity contribution is -0.0236. The van der Waals surface area contributed by atoms with Crippen LogP contribution in [0.4, 0.5) is 0 Å². The standard InChI is InChI=1S/C24H23N3O3/c1-3-29-17-12-10-16(11-13-17)20-15-21-18-7-6-9-22(28-2)23(18)30-24(27(21)26-20)19-8-4-5-14-25-19/h4-14,21,24H,3,15H2,1-2H3. The molecule has 0 saturated heterocycles. The van der Waals surface area contributed by atoms with E-state index in [4.69, 9.17) is 19.3 Å². The third-order valence-electron chi connectivity index (χ3n) is 5.44. The average Bonchev–Trinajstić information content (AvgIpc) is 3.25. The molecule has 6 heteroatoms. The van der Waals surface area contributed by atoms with Crippen LogP contribution in [0.5, 0.6) is 17.2 Å². The SMILES string of the molecule is CCOc1ccc(C2=NN3C(C2)c2cccc(OC)c2OC3c2ccccn2)cc1. The molecule has 30 heavy (non-hydrogen) atoms. The number of para-hydroxylation sites is 1. The lowest BCUT2D eigenvalue weighted by atomic mass is 9.96. The Morgan fingerprint density at radius 3 is 2.67 bits per heavy atom. The Hall–Kier alpha value is -3.54. The number of benzene rings is 2. The van der Waals surface area contributed by atoms with E-state index in [9.17, 15) is 0 Å². The summed E-state index contributed by atoms with van der Waals surface area (Å²) in [5, 5.41) is 7.00. The van der Waals surface area contributed by atoms with Gasteiger partial charge in [-0.15, -0.1) is 0 Å². The van der Waals surface area contributed by atoms with Crippen molar-refractivity contribution < 1.29 is 14.2 Å². The van der Waals surface area contributed by atoms with Crippen LogP contribution in [-0.2, 0) is 0 Å². The van der Waals surface area contributed by atoms with E-state index < -0.39 is 6.23 Å². The number of hydrogen-bond acceptors (Lipinski definition) is 6. The van der Waals surface area contributed by atoms with E-state index in [1.807, 2.05) is 54.4 Å². The van der Waals surface area contributed by atoms with Gasteiger partial charge in [0, 0.05) is 18.2 Å². The van der Waals surface area contributed by atoms with Crippen molar-refractivity contribution in [2.24, 2.45) is 5.10 Å². The predicted molar refractivity (Wildman–Crippen MR) is 114 cm³/mol. The fourth-order valence-electron chi connectivity index (χ4n) is 4.05. The lowest BCUT2D eigenvalue weighted by Crippen LogP contribution is -2.34. The average molecular weight is 401 g/mol. The third kappa shape index (κ3) is 3.14. The van der Waals surface area contributed by atoms with Crippen molar-refractivity contribution in [1.29, 1.82) is 0 Å². The van der Waals surface area contributed by atoms with Gasteiger partial charge >= 0.3 is 0 Å². The molecule has 2 atom stereocenters. The van der Waals surface area contributed by atoms with Gasteiger partial charge in [-0.25, -0.2) is 5.01 Å². The van der Waals surface area contributed by atoms with Gasteiger partial charge in [0.25, 0.3) is 0 Å². The van der Waals surface area contributed by atoms with E-state index in [0.29, 0.717) is 6.61 Å². The zero-order chi connectivity index (χ0) is 20.5. The minimum atomic E-state index is -0.416. The molecule has 5 rings (SSSR count). The Morgan fingerprint density at radius 2 is 1.93 bits per heavy atom. The van der Waals surface area contributed by atoms with Crippen LogP contribution in [0.25, 0.3) is 0 Å². The lowest BCUT2D eigenvalue weighted by Gasteiger charge is -2.38. The number of nitrogens with zero attached hydrogens (tertiary/aromatic N) is 3. The number of hydrogen-bond donors (Lipinski definition) is 0. The topological polar surface area (TPSA) is 56.2 Å². The van der Waals surface area contributed by atoms with Crippen molar-refractivity contribution in [1.82, 2.24) is 9.99 Å². The Morgan fingerprint density at radius 1 is 1.07 bits per heavy atom. The molecule has 0 spiro atoms. The number of ether oxygens (including phenoxy) is 3. The molecule has 3 aromatic rings. The van der Waals surface area contributed by atoms with E-state index >= 15 is 0 Å². The zero-order valence-corrected chi connectivity index (χ0v) is 17.0. The van der Waals surface area contributed by atoms with Crippen molar-refractivity contribution in [3.05, 3.63) is 83.7 Å². The number of fused-ring (bicyclic) bond motifs is 3. The molecule has 6 nitrogen and oxygen atoms in total. The van der Waals surface area contributed by atoms with Gasteiger partial charge < -0.3 is 14.2 Å². The van der Waals surface area contributed by atoms with Crippen LogP contribution < -0.4 is 14.2 Å². The Labute approximate surface area is 175 Å². The molecule has 3 heterocycles. The first-order valence-corrected chi connectivity index (χ1v) is 10.1. The highest BCUT2D eigenvalue weighted by atomic mass is 16.5. The first-order chi connectivity index (χ1) is 14.8. The summed E-state index contributed by atoms with van der Waals surface area (Å²) in [6.45, 7) is 2.63. The highest BCUT2D eigenvalue weighted by Gasteiger charge is 2.42. The van der Waals surface area contributed by atoms with Gasteiger partial charge in [-0.05, 0) is 55.0 Å². The highest BCUT2D eigenvalue weighted by Crippen LogP contribution is 2.50. The van der Waals surface area contributed by atoms with E-state index in [0.717, 1.165) is 46.2 Å². The number of methoxy groups -OCH3 is 1. The maximum absolute atomic E-state index is 6.40. The Kier molecular flexibility index (Phi) is 4.75. The van der Waals surface area contributed by atoms with Crippen molar-refractivity contribution in [2.75, 3.05) is 13.7 Å². The van der Waals surface area contributed by atoms with Crippen LogP contribution in [0.2, 0.25) is 0 Å². The largest absolute Gasteiger partial charge is 0.494 e. The van der Waals surface area contributed by atoms with Crippen LogP contribution in [0.1, 0.15) is 42.4 Å². The summed E-state index contributed by atoms with van der Waals surface area (Å²) >= 11 is 0. The molecule has 0 aliphatic carbocycles. The first kappa shape index (κ1) is 18.5. The maximum atomic E-state index is 6.40. The summed E-state index contributed by atoms with van der Waals surface area (Å²) in [5.41, 5.74) is 3.99. The number of pyridine rings is 1. The van der Waals surface area contributed by atoms with Crippen LogP contribution in [-0.4, -0.2) is 29.4 Å². The maximum Gasteiger partial charge on any atom is 0.230 e. The van der Waals surface area contributed by atoms with Gasteiger partial charge in [0.15, 0.2) is 11.5 Å². The number of aromatic nitrogens is 1. The summed E-state index contributed by atoms with van der Waals surface area (Å²) in [7, 11) is 1.66. The fourth-order valence-corrected chi connectivity index (χ4v) is 4.05.